The first-order chi connectivity index (χ1) is 9.01. The third-order valence-electron chi connectivity index (χ3n) is 2.59. The first-order valence-electron chi connectivity index (χ1n) is 5.51. The van der Waals surface area contributed by atoms with Gasteiger partial charge in [0.05, 0.1) is 10.8 Å². The Morgan fingerprint density at radius 1 is 1.74 bits per heavy atom. The number of aliphatic carboxylic acids is 1. The molecule has 100 valence electrons. The van der Waals surface area contributed by atoms with Crippen LogP contribution in [-0.2, 0) is 4.79 Å². The molecule has 0 saturated carbocycles. The molecule has 1 aromatic heterocycles. The van der Waals surface area contributed by atoms with Crippen molar-refractivity contribution >= 4 is 17.5 Å². The molecule has 0 fully saturated rings. The highest BCUT2D eigenvalue weighted by atomic mass is 16.6. The SMILES string of the molecule is CCC(CNc1nccc(C#N)c1[N+](=O)[O-])C(=O)O. The number of carbonyl (C=O) groups is 1. The van der Waals surface area contributed by atoms with Crippen LogP contribution in [0.2, 0.25) is 0 Å². The molecule has 0 aliphatic rings. The van der Waals surface area contributed by atoms with Crippen LogP contribution in [0.3, 0.4) is 0 Å². The molecule has 0 bridgehead atoms. The fourth-order valence-corrected chi connectivity index (χ4v) is 1.48. The molecule has 0 spiro atoms. The lowest BCUT2D eigenvalue weighted by Gasteiger charge is -2.11. The van der Waals surface area contributed by atoms with Gasteiger partial charge in [0.2, 0.25) is 5.82 Å². The van der Waals surface area contributed by atoms with Crippen LogP contribution < -0.4 is 5.32 Å². The second-order valence-corrected chi connectivity index (χ2v) is 3.75. The molecule has 1 unspecified atom stereocenters. The summed E-state index contributed by atoms with van der Waals surface area (Å²) < 4.78 is 0. The van der Waals surface area contributed by atoms with E-state index in [4.69, 9.17) is 10.4 Å². The number of hydrogen-bond acceptors (Lipinski definition) is 6. The molecule has 1 aromatic rings. The van der Waals surface area contributed by atoms with Crippen molar-refractivity contribution < 1.29 is 14.8 Å². The van der Waals surface area contributed by atoms with E-state index in [2.05, 4.69) is 10.3 Å². The zero-order valence-electron chi connectivity index (χ0n) is 10.2. The molecule has 1 rings (SSSR count). The molecular weight excluding hydrogens is 252 g/mol. The van der Waals surface area contributed by atoms with Gasteiger partial charge in [0, 0.05) is 12.7 Å². The Labute approximate surface area is 108 Å². The minimum absolute atomic E-state index is 0.00849. The number of nitrogens with one attached hydrogen (secondary N) is 1. The van der Waals surface area contributed by atoms with Gasteiger partial charge >= 0.3 is 11.7 Å². The molecule has 0 amide bonds. The Bertz CT molecular complexity index is 538. The maximum absolute atomic E-state index is 10.9. The van der Waals surface area contributed by atoms with E-state index in [1.807, 2.05) is 0 Å². The Morgan fingerprint density at radius 2 is 2.42 bits per heavy atom. The van der Waals surface area contributed by atoms with Crippen molar-refractivity contribution in [1.82, 2.24) is 4.98 Å². The van der Waals surface area contributed by atoms with E-state index in [1.54, 1.807) is 13.0 Å². The van der Waals surface area contributed by atoms with Crippen molar-refractivity contribution in [1.29, 1.82) is 5.26 Å². The topological polar surface area (TPSA) is 129 Å². The van der Waals surface area contributed by atoms with Gasteiger partial charge in [0.1, 0.15) is 11.6 Å². The highest BCUT2D eigenvalue weighted by Gasteiger charge is 2.23. The number of nitriles is 1. The zero-order valence-corrected chi connectivity index (χ0v) is 10.2. The van der Waals surface area contributed by atoms with Crippen LogP contribution in [0.25, 0.3) is 0 Å². The summed E-state index contributed by atoms with van der Waals surface area (Å²) in [4.78, 5) is 24.8. The van der Waals surface area contributed by atoms with Gasteiger partial charge in [-0.1, -0.05) is 6.92 Å². The minimum Gasteiger partial charge on any atom is -0.481 e. The van der Waals surface area contributed by atoms with Crippen LogP contribution >= 0.6 is 0 Å². The van der Waals surface area contributed by atoms with E-state index in [1.165, 1.54) is 12.3 Å². The predicted octanol–water partition coefficient (Wildman–Crippen LogP) is 1.38. The Morgan fingerprint density at radius 3 is 2.89 bits per heavy atom. The lowest BCUT2D eigenvalue weighted by molar-refractivity contribution is -0.384. The minimum atomic E-state index is -0.992. The predicted molar refractivity (Wildman–Crippen MR) is 65.5 cm³/mol. The maximum Gasteiger partial charge on any atom is 0.328 e. The summed E-state index contributed by atoms with van der Waals surface area (Å²) in [7, 11) is 0. The van der Waals surface area contributed by atoms with Crippen LogP contribution in [0, 0.1) is 27.4 Å². The molecule has 0 radical (unpaired) electrons. The molecule has 8 heteroatoms. The number of carboxylic acids is 1. The third kappa shape index (κ3) is 3.38. The lowest BCUT2D eigenvalue weighted by Crippen LogP contribution is -2.22. The molecule has 0 aliphatic heterocycles. The van der Waals surface area contributed by atoms with Gasteiger partial charge in [-0.3, -0.25) is 14.9 Å². The molecule has 1 atom stereocenters. The Hall–Kier alpha value is -2.69. The number of nitro groups is 1. The van der Waals surface area contributed by atoms with E-state index in [0.717, 1.165) is 0 Å². The van der Waals surface area contributed by atoms with Crippen LogP contribution in [0.1, 0.15) is 18.9 Å². The van der Waals surface area contributed by atoms with Gasteiger partial charge in [0.25, 0.3) is 0 Å². The summed E-state index contributed by atoms with van der Waals surface area (Å²) in [6.07, 6.45) is 1.64. The van der Waals surface area contributed by atoms with Crippen molar-refractivity contribution in [2.24, 2.45) is 5.92 Å². The number of anilines is 1. The van der Waals surface area contributed by atoms with Crippen LogP contribution in [-0.4, -0.2) is 27.5 Å². The van der Waals surface area contributed by atoms with Gasteiger partial charge in [0.15, 0.2) is 0 Å². The molecule has 2 N–H and O–H groups in total. The molecule has 0 saturated heterocycles. The van der Waals surface area contributed by atoms with Crippen molar-refractivity contribution in [3.63, 3.8) is 0 Å². The summed E-state index contributed by atoms with van der Waals surface area (Å²) in [5.74, 6) is -1.76. The van der Waals surface area contributed by atoms with Crippen molar-refractivity contribution in [2.75, 3.05) is 11.9 Å². The second kappa shape index (κ2) is 6.30. The van der Waals surface area contributed by atoms with Crippen LogP contribution in [0.15, 0.2) is 12.3 Å². The molecule has 0 aliphatic carbocycles. The largest absolute Gasteiger partial charge is 0.481 e. The summed E-state index contributed by atoms with van der Waals surface area (Å²) in [5, 5.41) is 31.2. The highest BCUT2D eigenvalue weighted by Crippen LogP contribution is 2.25. The van der Waals surface area contributed by atoms with Crippen molar-refractivity contribution in [3.8, 4) is 6.07 Å². The fourth-order valence-electron chi connectivity index (χ4n) is 1.48. The molecule has 1 heterocycles. The molecule has 8 nitrogen and oxygen atoms in total. The zero-order chi connectivity index (χ0) is 14.4. The number of carboxylic acid groups (broad SMARTS) is 1. The van der Waals surface area contributed by atoms with Gasteiger partial charge in [-0.05, 0) is 12.5 Å². The van der Waals surface area contributed by atoms with E-state index >= 15 is 0 Å². The third-order valence-corrected chi connectivity index (χ3v) is 2.59. The standard InChI is InChI=1S/C11H12N4O4/c1-2-7(11(16)17)6-14-10-9(15(18)19)8(5-12)3-4-13-10/h3-4,7H,2,6H2,1H3,(H,13,14)(H,16,17). The normalized spacial score (nSPS) is 11.4. The quantitative estimate of drug-likeness (QED) is 0.586. The first-order valence-corrected chi connectivity index (χ1v) is 5.51. The summed E-state index contributed by atoms with van der Waals surface area (Å²) in [5.41, 5.74) is -0.559. The molecule has 19 heavy (non-hydrogen) atoms. The van der Waals surface area contributed by atoms with Gasteiger partial charge < -0.3 is 10.4 Å². The van der Waals surface area contributed by atoms with Gasteiger partial charge in [-0.15, -0.1) is 0 Å². The van der Waals surface area contributed by atoms with Gasteiger partial charge in [-0.25, -0.2) is 4.98 Å². The van der Waals surface area contributed by atoms with Crippen LogP contribution in [0.5, 0.6) is 0 Å². The monoisotopic (exact) mass is 264 g/mol. The Balaban J connectivity index is 2.99. The average molecular weight is 264 g/mol. The summed E-state index contributed by atoms with van der Waals surface area (Å²) >= 11 is 0. The fraction of sp³-hybridized carbons (Fsp3) is 0.364. The number of nitrogens with zero attached hydrogens (tertiary/aromatic N) is 3. The first kappa shape index (κ1) is 14.4. The van der Waals surface area contributed by atoms with E-state index < -0.39 is 22.5 Å². The van der Waals surface area contributed by atoms with Crippen LogP contribution in [0.4, 0.5) is 11.5 Å². The smallest absolute Gasteiger partial charge is 0.328 e. The molecule has 0 aromatic carbocycles. The summed E-state index contributed by atoms with van der Waals surface area (Å²) in [6.45, 7) is 1.71. The van der Waals surface area contributed by atoms with Crippen molar-refractivity contribution in [3.05, 3.63) is 27.9 Å². The lowest BCUT2D eigenvalue weighted by atomic mass is 10.1. The number of hydrogen-bond donors (Lipinski definition) is 2. The van der Waals surface area contributed by atoms with E-state index in [-0.39, 0.29) is 17.9 Å². The van der Waals surface area contributed by atoms with E-state index in [0.29, 0.717) is 6.42 Å². The molecular formula is C11H12N4O4. The number of aromatic nitrogens is 1. The average Bonchev–Trinajstić information content (AvgIpc) is 2.38. The maximum atomic E-state index is 10.9. The summed E-state index contributed by atoms with van der Waals surface area (Å²) in [6, 6.07) is 2.94. The van der Waals surface area contributed by atoms with E-state index in [9.17, 15) is 14.9 Å². The van der Waals surface area contributed by atoms with Gasteiger partial charge in [-0.2, -0.15) is 5.26 Å². The highest BCUT2D eigenvalue weighted by molar-refractivity contribution is 5.71. The number of pyridine rings is 1. The second-order valence-electron chi connectivity index (χ2n) is 3.75. The Kier molecular flexibility index (Phi) is 4.76. The number of rotatable bonds is 6. The van der Waals surface area contributed by atoms with Crippen molar-refractivity contribution in [2.45, 2.75) is 13.3 Å².